The van der Waals surface area contributed by atoms with Crippen molar-refractivity contribution in [3.05, 3.63) is 88.5 Å². The van der Waals surface area contributed by atoms with Crippen LogP contribution in [-0.4, -0.2) is 0 Å². The molecule has 0 spiro atoms. The van der Waals surface area contributed by atoms with E-state index in [1.807, 2.05) is 6.07 Å². The summed E-state index contributed by atoms with van der Waals surface area (Å²) in [6.45, 7) is 6.90. The molecule has 1 N–H and O–H groups in total. The Kier molecular flexibility index (Phi) is 164. The molecular formula is C16H7N3OY15-4. The van der Waals surface area contributed by atoms with Crippen molar-refractivity contribution in [2.75, 3.05) is 0 Å². The van der Waals surface area contributed by atoms with E-state index in [0.29, 0.717) is 11.3 Å². The van der Waals surface area contributed by atoms with Gasteiger partial charge in [0, 0.05) is 496 Å². The molecule has 15 radical (unpaired) electrons. The van der Waals surface area contributed by atoms with Crippen LogP contribution in [0.15, 0.2) is 47.4 Å². The zero-order valence-corrected chi connectivity index (χ0v) is 61.5. The van der Waals surface area contributed by atoms with Crippen LogP contribution in [0.3, 0.4) is 0 Å². The van der Waals surface area contributed by atoms with Gasteiger partial charge in [0.05, 0.1) is 12.6 Å². The predicted octanol–water partition coefficient (Wildman–Crippen LogP) is 3.87. The van der Waals surface area contributed by atoms with Crippen LogP contribution in [-0.2, 0) is 495 Å². The number of nitrogens with zero attached hydrogens (tertiary/aromatic N) is 2. The summed E-state index contributed by atoms with van der Waals surface area (Å²) in [4.78, 5) is 3.13. The molecule has 35 heavy (non-hydrogen) atoms. The summed E-state index contributed by atoms with van der Waals surface area (Å²) in [6.07, 6.45) is 9.02. The van der Waals surface area contributed by atoms with Crippen LogP contribution in [0.5, 0.6) is 0 Å². The number of hydrogen-bond donors (Lipinski definition) is 0. The Hall–Kier alpha value is 13.3. The normalized spacial score (nSPS) is 9.14. The van der Waals surface area contributed by atoms with Gasteiger partial charge in [-0.3, -0.25) is 17.7 Å². The second-order valence-electron chi connectivity index (χ2n) is 3.72. The second-order valence-corrected chi connectivity index (χ2v) is 3.72. The minimum absolute atomic E-state index is 0. The molecule has 0 atom stereocenters. The van der Waals surface area contributed by atoms with Crippen molar-refractivity contribution in [3.63, 3.8) is 0 Å². The largest absolute Gasteiger partial charge is 0.740 e. The molecule has 1 aromatic carbocycles. The van der Waals surface area contributed by atoms with Crippen molar-refractivity contribution in [2.24, 2.45) is 0 Å². The zero-order chi connectivity index (χ0) is 14.4. The van der Waals surface area contributed by atoms with Crippen LogP contribution in [0.1, 0.15) is 5.56 Å². The van der Waals surface area contributed by atoms with E-state index in [2.05, 4.69) is 23.2 Å². The Morgan fingerprint density at radius 2 is 1.26 bits per heavy atom. The third-order valence-electron chi connectivity index (χ3n) is 2.39. The van der Waals surface area contributed by atoms with E-state index < -0.39 is 0 Å². The summed E-state index contributed by atoms with van der Waals surface area (Å²) in [6, 6.07) is 10.6. The number of hydrogen-bond acceptors (Lipinski definition) is 2. The molecule has 1 heterocycles. The third kappa shape index (κ3) is 45.3. The molecule has 0 fully saturated rings. The van der Waals surface area contributed by atoms with E-state index in [9.17, 15) is 0 Å². The fourth-order valence-corrected chi connectivity index (χ4v) is 1.43. The molecule has 1 aromatic rings. The number of benzene rings is 1. The number of ether oxygens (including phenoxy) is 1. The molecule has 1 aliphatic rings. The van der Waals surface area contributed by atoms with Gasteiger partial charge in [-0.25, -0.2) is 10.1 Å². The van der Waals surface area contributed by atoms with Gasteiger partial charge in [-0.15, -0.1) is 17.7 Å². The molecule has 4 nitrogen and oxygen atoms in total. The fourth-order valence-electron chi connectivity index (χ4n) is 1.43. The second kappa shape index (κ2) is 62.4. The molecular weight excluding hydrogens is 1580 g/mol. The average Bonchev–Trinajstić information content (AvgIpc) is 2.48. The van der Waals surface area contributed by atoms with E-state index >= 15 is 0 Å². The number of nitriles is 1. The average molecular weight is 1590 g/mol. The minimum atomic E-state index is -0.00748. The molecule has 0 bridgehead atoms. The summed E-state index contributed by atoms with van der Waals surface area (Å²) in [5, 5.41) is 8.81. The number of allylic oxidation sites excluding steroid dienone is 5. The van der Waals surface area contributed by atoms with Gasteiger partial charge in [0.25, 0.3) is 0 Å². The van der Waals surface area contributed by atoms with E-state index in [1.54, 1.807) is 30.4 Å². The van der Waals surface area contributed by atoms with Crippen LogP contribution < -0.4 is 0 Å². The molecule has 0 aromatic heterocycles. The topological polar surface area (TPSA) is 61.2 Å². The standard InChI is InChI=1S/C16H7N3O.15Y/c1-19-16(11-17)13-8-9-20-15(10-13)7-4-12-2-5-14(18)6-3-12;;;;;;;;;;;;;;;/h2-4,7-8,10,18H;;;;;;;;;;;;;;;/q-4;;;;;;;;;;;;;;;/b7-4+,16-13+;;;;;;;;;;;;;;;. The van der Waals surface area contributed by atoms with E-state index in [4.69, 9.17) is 22.3 Å². The maximum Gasteiger partial charge on any atom is 0.216 e. The van der Waals surface area contributed by atoms with Gasteiger partial charge in [-0.1, -0.05) is 6.08 Å². The van der Waals surface area contributed by atoms with Gasteiger partial charge in [0.1, 0.15) is 0 Å². The quantitative estimate of drug-likeness (QED) is 0.334. The maximum absolute atomic E-state index is 8.81. The van der Waals surface area contributed by atoms with Crippen molar-refractivity contribution in [1.29, 1.82) is 5.26 Å². The van der Waals surface area contributed by atoms with Crippen LogP contribution in [0.4, 0.5) is 5.69 Å². The Morgan fingerprint density at radius 3 is 1.63 bits per heavy atom. The SMILES string of the molecule is [C-]#[N+]/C(C#N)=C1\C=[C-]OC(/C=C/c2c[c-]c([NH-])[c-]c2)=C1.[Y].[Y].[Y].[Y].[Y].[Y].[Y].[Y].[Y].[Y].[Y].[Y].[Y].[Y].[Y]. The maximum atomic E-state index is 8.81. The Bertz CT molecular complexity index is 726. The van der Waals surface area contributed by atoms with Crippen LogP contribution >= 0.6 is 0 Å². The molecule has 0 saturated carbocycles. The Morgan fingerprint density at radius 1 is 0.829 bits per heavy atom. The first-order chi connectivity index (χ1) is 9.72. The van der Waals surface area contributed by atoms with Crippen molar-refractivity contribution in [2.45, 2.75) is 0 Å². The van der Waals surface area contributed by atoms with Crippen molar-refractivity contribution in [1.82, 2.24) is 0 Å². The van der Waals surface area contributed by atoms with E-state index in [-0.39, 0.29) is 502 Å². The van der Waals surface area contributed by atoms with E-state index in [1.165, 1.54) is 6.08 Å². The molecule has 19 heteroatoms. The van der Waals surface area contributed by atoms with Crippen molar-refractivity contribution >= 4 is 11.8 Å². The molecule has 0 saturated heterocycles. The monoisotopic (exact) mass is 1590 g/mol. The Balaban J connectivity index is -0.0000000245. The smallest absolute Gasteiger partial charge is 0.216 e. The first-order valence-corrected chi connectivity index (χ1v) is 5.55. The molecule has 1 aliphatic heterocycles. The van der Waals surface area contributed by atoms with Gasteiger partial charge in [0.15, 0.2) is 0 Å². The summed E-state index contributed by atoms with van der Waals surface area (Å²) in [5.74, 6) is 0.467. The van der Waals surface area contributed by atoms with Gasteiger partial charge >= 0.3 is 0 Å². The first kappa shape index (κ1) is 91.9. The van der Waals surface area contributed by atoms with Gasteiger partial charge < -0.3 is 28.3 Å². The van der Waals surface area contributed by atoms with Crippen molar-refractivity contribution in [3.8, 4) is 6.07 Å². The van der Waals surface area contributed by atoms with Gasteiger partial charge in [0.2, 0.25) is 5.70 Å². The number of nitrogens with one attached hydrogen (secondary N) is 1. The summed E-state index contributed by atoms with van der Waals surface area (Å²) in [7, 11) is 0. The molecule has 141 valence electrons. The number of rotatable bonds is 2. The summed E-state index contributed by atoms with van der Waals surface area (Å²) in [5.41, 5.74) is 8.76. The molecule has 0 amide bonds. The van der Waals surface area contributed by atoms with Crippen LogP contribution in [0.2, 0.25) is 0 Å². The Labute approximate surface area is 588 Å². The molecule has 2 rings (SSSR count). The van der Waals surface area contributed by atoms with E-state index in [0.717, 1.165) is 5.56 Å². The fraction of sp³-hybridized carbons (Fsp3) is 0. The zero-order valence-electron chi connectivity index (χ0n) is 18.9. The van der Waals surface area contributed by atoms with Gasteiger partial charge in [-0.2, -0.15) is 6.08 Å². The minimum Gasteiger partial charge on any atom is -0.740 e. The third-order valence-corrected chi connectivity index (χ3v) is 2.39. The predicted molar refractivity (Wildman–Crippen MR) is 73.4 cm³/mol. The van der Waals surface area contributed by atoms with Crippen LogP contribution in [0.25, 0.3) is 16.7 Å². The van der Waals surface area contributed by atoms with Gasteiger partial charge in [-0.05, 0) is 6.26 Å². The van der Waals surface area contributed by atoms with Crippen molar-refractivity contribution < 1.29 is 495 Å². The molecule has 0 unspecified atom stereocenters. The van der Waals surface area contributed by atoms with Crippen LogP contribution in [0, 0.1) is 36.3 Å². The first-order valence-electron chi connectivity index (χ1n) is 5.55. The molecule has 0 aliphatic carbocycles. The summed E-state index contributed by atoms with van der Waals surface area (Å²) >= 11 is 0. The summed E-state index contributed by atoms with van der Waals surface area (Å²) < 4.78 is 5.16.